The van der Waals surface area contributed by atoms with Crippen LogP contribution in [-0.4, -0.2) is 58.6 Å². The number of amides is 2. The molecule has 0 aliphatic carbocycles. The quantitative estimate of drug-likeness (QED) is 0.0301. The average Bonchev–Trinajstić information content (AvgIpc) is 3.48. The van der Waals surface area contributed by atoms with Gasteiger partial charge in [0.15, 0.2) is 11.5 Å². The van der Waals surface area contributed by atoms with Gasteiger partial charge in [-0.1, -0.05) is 48.2 Å². The number of aromatic nitrogens is 3. The van der Waals surface area contributed by atoms with E-state index in [0.717, 1.165) is 47.2 Å². The summed E-state index contributed by atoms with van der Waals surface area (Å²) in [6.07, 6.45) is 4.86. The predicted octanol–water partition coefficient (Wildman–Crippen LogP) is 7.63. The van der Waals surface area contributed by atoms with Crippen LogP contribution in [0.15, 0.2) is 89.5 Å². The Morgan fingerprint density at radius 2 is 1.74 bits per heavy atom. The van der Waals surface area contributed by atoms with Gasteiger partial charge in [0, 0.05) is 41.1 Å². The lowest BCUT2D eigenvalue weighted by atomic mass is 10.1. The van der Waals surface area contributed by atoms with E-state index in [2.05, 4.69) is 38.5 Å². The molecule has 0 aliphatic heterocycles. The van der Waals surface area contributed by atoms with Crippen molar-refractivity contribution in [1.82, 2.24) is 19.9 Å². The van der Waals surface area contributed by atoms with Crippen molar-refractivity contribution in [3.63, 3.8) is 0 Å². The van der Waals surface area contributed by atoms with Crippen molar-refractivity contribution in [2.45, 2.75) is 45.6 Å². The fourth-order valence-corrected chi connectivity index (χ4v) is 5.82. The Hall–Kier alpha value is -5.76. The zero-order chi connectivity index (χ0) is 37.7. The second kappa shape index (κ2) is 18.6. The van der Waals surface area contributed by atoms with Gasteiger partial charge >= 0.3 is 12.1 Å². The Bertz CT molecular complexity index is 2050. The highest BCUT2D eigenvalue weighted by Crippen LogP contribution is 2.30. The van der Waals surface area contributed by atoms with E-state index >= 15 is 0 Å². The van der Waals surface area contributed by atoms with Crippen LogP contribution < -0.4 is 25.0 Å². The van der Waals surface area contributed by atoms with Crippen molar-refractivity contribution >= 4 is 62.3 Å². The fourth-order valence-electron chi connectivity index (χ4n) is 5.48. The first-order valence-electron chi connectivity index (χ1n) is 17.3. The lowest BCUT2D eigenvalue weighted by Gasteiger charge is -2.21. The highest BCUT2D eigenvalue weighted by atomic mass is 79.9. The smallest absolute Gasteiger partial charge is 0.412 e. The number of imidazole rings is 1. The van der Waals surface area contributed by atoms with Crippen LogP contribution >= 0.6 is 15.9 Å². The number of esters is 1. The van der Waals surface area contributed by atoms with Crippen molar-refractivity contribution in [3.8, 4) is 11.5 Å². The van der Waals surface area contributed by atoms with E-state index in [4.69, 9.17) is 24.6 Å². The second-order valence-electron chi connectivity index (χ2n) is 12.1. The predicted molar refractivity (Wildman–Crippen MR) is 207 cm³/mol. The number of hydrogen-bond acceptors (Lipinski definition) is 10. The molecule has 5 aromatic rings. The van der Waals surface area contributed by atoms with Crippen molar-refractivity contribution in [1.29, 1.82) is 5.41 Å². The molecule has 0 fully saturated rings. The van der Waals surface area contributed by atoms with Gasteiger partial charge in [0.25, 0.3) is 5.91 Å². The lowest BCUT2D eigenvalue weighted by Crippen LogP contribution is -2.34. The zero-order valence-electron chi connectivity index (χ0n) is 29.9. The lowest BCUT2D eigenvalue weighted by molar-refractivity contribution is -0.134. The van der Waals surface area contributed by atoms with Crippen molar-refractivity contribution < 1.29 is 28.6 Å². The highest BCUT2D eigenvalue weighted by molar-refractivity contribution is 9.10. The number of nitrogens with one attached hydrogen (secondary N) is 3. The number of hydrogen-bond donors (Lipinski definition) is 3. The maximum Gasteiger partial charge on any atom is 0.412 e. The molecule has 13 nitrogen and oxygen atoms in total. The second-order valence-corrected chi connectivity index (χ2v) is 13.0. The Kier molecular flexibility index (Phi) is 13.5. The van der Waals surface area contributed by atoms with Gasteiger partial charge in [-0.05, 0) is 79.2 Å². The summed E-state index contributed by atoms with van der Waals surface area (Å²) < 4.78 is 18.7. The molecule has 0 unspecified atom stereocenters. The maximum absolute atomic E-state index is 13.9. The van der Waals surface area contributed by atoms with Gasteiger partial charge in [0.2, 0.25) is 0 Å². The molecule has 3 aromatic carbocycles. The van der Waals surface area contributed by atoms with E-state index in [0.29, 0.717) is 41.4 Å². The third kappa shape index (κ3) is 10.4. The molecule has 2 amide bonds. The van der Waals surface area contributed by atoms with Crippen LogP contribution in [0.3, 0.4) is 0 Å². The van der Waals surface area contributed by atoms with E-state index < -0.39 is 12.1 Å². The van der Waals surface area contributed by atoms with Gasteiger partial charge in [-0.3, -0.25) is 25.2 Å². The molecule has 0 aliphatic rings. The summed E-state index contributed by atoms with van der Waals surface area (Å²) in [5.74, 6) is 0.884. The number of rotatable bonds is 16. The number of unbranched alkanes of at least 4 members (excludes halogenated alkanes) is 3. The molecule has 0 atom stereocenters. The molecule has 276 valence electrons. The number of alkyl carbamates (subject to hydrolysis) is 1. The number of fused-ring (bicyclic) bond motifs is 1. The summed E-state index contributed by atoms with van der Waals surface area (Å²) in [4.78, 5) is 49.5. The van der Waals surface area contributed by atoms with Gasteiger partial charge in [0.1, 0.15) is 17.5 Å². The van der Waals surface area contributed by atoms with Crippen LogP contribution in [0.1, 0.15) is 60.8 Å². The number of ether oxygens (including phenoxy) is 3. The van der Waals surface area contributed by atoms with E-state index in [1.165, 1.54) is 12.0 Å². The number of carbonyl (C=O) groups is 3. The summed E-state index contributed by atoms with van der Waals surface area (Å²) in [6, 6.07) is 22.8. The Labute approximate surface area is 316 Å². The number of anilines is 2. The van der Waals surface area contributed by atoms with Gasteiger partial charge in [-0.25, -0.2) is 14.8 Å². The number of methoxy groups -OCH3 is 1. The van der Waals surface area contributed by atoms with Gasteiger partial charge in [-0.15, -0.1) is 0 Å². The Balaban J connectivity index is 1.22. The molecular formula is C39H42BrN7O6. The number of nitrogens with zero attached hydrogens (tertiary/aromatic N) is 4. The summed E-state index contributed by atoms with van der Waals surface area (Å²) in [5, 5.41) is 14.0. The normalized spacial score (nSPS) is 10.8. The first-order valence-corrected chi connectivity index (χ1v) is 18.0. The van der Waals surface area contributed by atoms with Crippen molar-refractivity contribution in [2.75, 3.05) is 30.5 Å². The number of halogens is 1. The summed E-state index contributed by atoms with van der Waals surface area (Å²) in [5.41, 5.74) is 3.19. The molecule has 3 N–H and O–H groups in total. The minimum absolute atomic E-state index is 0.0258. The van der Waals surface area contributed by atoms with Crippen LogP contribution in [0.4, 0.5) is 16.3 Å². The van der Waals surface area contributed by atoms with Gasteiger partial charge in [-0.2, -0.15) is 0 Å². The maximum atomic E-state index is 13.9. The molecule has 0 saturated heterocycles. The van der Waals surface area contributed by atoms with Crippen LogP contribution in [0.5, 0.6) is 11.5 Å². The monoisotopic (exact) mass is 783 g/mol. The van der Waals surface area contributed by atoms with Gasteiger partial charge in [0.05, 0.1) is 37.7 Å². The zero-order valence-corrected chi connectivity index (χ0v) is 31.4. The van der Waals surface area contributed by atoms with Crippen molar-refractivity contribution in [3.05, 3.63) is 106 Å². The molecular weight excluding hydrogens is 742 g/mol. The van der Waals surface area contributed by atoms with Crippen LogP contribution in [-0.2, 0) is 23.1 Å². The van der Waals surface area contributed by atoms with E-state index in [-0.39, 0.29) is 30.5 Å². The largest absolute Gasteiger partial charge is 0.493 e. The van der Waals surface area contributed by atoms with E-state index in [1.54, 1.807) is 66.9 Å². The number of aryl methyl sites for hydroxylation is 1. The Morgan fingerprint density at radius 1 is 0.943 bits per heavy atom. The molecule has 14 heteroatoms. The summed E-state index contributed by atoms with van der Waals surface area (Å²) in [6.45, 7) is 2.86. The van der Waals surface area contributed by atoms with E-state index in [9.17, 15) is 14.4 Å². The number of amidine groups is 1. The van der Waals surface area contributed by atoms with Gasteiger partial charge < -0.3 is 24.1 Å². The van der Waals surface area contributed by atoms with Crippen molar-refractivity contribution in [2.24, 2.45) is 7.05 Å². The molecule has 0 bridgehead atoms. The topological polar surface area (TPSA) is 161 Å². The molecule has 2 heterocycles. The molecule has 5 rings (SSSR count). The third-order valence-corrected chi connectivity index (χ3v) is 8.86. The minimum atomic E-state index is -0.636. The molecule has 53 heavy (non-hydrogen) atoms. The summed E-state index contributed by atoms with van der Waals surface area (Å²) >= 11 is 3.38. The standard InChI is InChI=1S/C39H42BrN7O6/c1-4-5-6-9-22-52-39(50)45-37(41)26-11-15-29(16-12-26)43-25-35-44-30-23-27(13-17-31(30)46(35)2)38(49)47(34-10-7-8-20-42-34)21-19-36(48)53-33-24-28(40)14-18-32(33)51-3/h7-8,10-18,20,23-24,43H,4-6,9,19,21-22,25H2,1-3H3,(H2,41,45,50). The molecule has 0 radical (unpaired) electrons. The highest BCUT2D eigenvalue weighted by Gasteiger charge is 2.22. The first kappa shape index (κ1) is 38.5. The van der Waals surface area contributed by atoms with Crippen LogP contribution in [0.25, 0.3) is 11.0 Å². The molecule has 2 aromatic heterocycles. The third-order valence-electron chi connectivity index (χ3n) is 8.36. The Morgan fingerprint density at radius 3 is 2.47 bits per heavy atom. The van der Waals surface area contributed by atoms with Crippen LogP contribution in [0.2, 0.25) is 0 Å². The SMILES string of the molecule is CCCCCCOC(=O)NC(=N)c1ccc(NCc2nc3cc(C(=O)N(CCC(=O)Oc4cc(Br)ccc4OC)c4ccccn4)ccc3n2C)cc1. The minimum Gasteiger partial charge on any atom is -0.493 e. The first-order chi connectivity index (χ1) is 25.7. The fraction of sp³-hybridized carbons (Fsp3) is 0.282. The molecule has 0 saturated carbocycles. The number of benzene rings is 3. The van der Waals surface area contributed by atoms with Crippen LogP contribution in [0, 0.1) is 5.41 Å². The average molecular weight is 785 g/mol. The van der Waals surface area contributed by atoms with E-state index in [1.807, 2.05) is 29.8 Å². The molecule has 0 spiro atoms. The number of pyridine rings is 1. The summed E-state index contributed by atoms with van der Waals surface area (Å²) in [7, 11) is 3.39. The number of carbonyl (C=O) groups excluding carboxylic acids is 3.